The molecule has 2 saturated heterocycles. The van der Waals surface area contributed by atoms with Crippen molar-refractivity contribution in [3.8, 4) is 29.6 Å². The van der Waals surface area contributed by atoms with E-state index in [9.17, 15) is 12.8 Å². The molecule has 2 unspecified atom stereocenters. The number of nitrogens with zero attached hydrogens (tertiary/aromatic N) is 8. The van der Waals surface area contributed by atoms with Gasteiger partial charge in [-0.15, -0.1) is 15.6 Å². The molecule has 1 N–H and O–H groups in total. The van der Waals surface area contributed by atoms with E-state index in [1.165, 1.54) is 18.5 Å². The van der Waals surface area contributed by atoms with Crippen LogP contribution in [0.15, 0.2) is 72.0 Å². The molecule has 12 nitrogen and oxygen atoms in total. The first-order chi connectivity index (χ1) is 26.2. The van der Waals surface area contributed by atoms with Gasteiger partial charge in [-0.25, -0.2) is 13.8 Å². The third kappa shape index (κ3) is 6.05. The molecular weight excluding hydrogens is 713 g/mol. The van der Waals surface area contributed by atoms with E-state index in [1.807, 2.05) is 11.9 Å². The Morgan fingerprint density at radius 2 is 1.81 bits per heavy atom. The zero-order chi connectivity index (χ0) is 37.1. The average molecular weight is 748 g/mol. The molecule has 0 spiro atoms. The minimum Gasteiger partial charge on any atom is -0.462 e. The zero-order valence-electron chi connectivity index (χ0n) is 29.3. The normalized spacial score (nSPS) is 18.3. The van der Waals surface area contributed by atoms with Crippen LogP contribution in [-0.4, -0.2) is 82.9 Å². The summed E-state index contributed by atoms with van der Waals surface area (Å²) in [5, 5.41) is 9.30. The molecule has 0 amide bonds. The van der Waals surface area contributed by atoms with E-state index >= 15 is 4.39 Å². The fraction of sp³-hybridized carbons (Fsp3) is 0.308. The third-order valence-corrected chi connectivity index (χ3v) is 12.0. The number of fused-ring (bicyclic) bond motifs is 4. The van der Waals surface area contributed by atoms with E-state index in [-0.39, 0.29) is 52.3 Å². The first kappa shape index (κ1) is 34.1. The van der Waals surface area contributed by atoms with Crippen molar-refractivity contribution in [1.29, 1.82) is 0 Å². The fourth-order valence-electron chi connectivity index (χ4n) is 7.48. The minimum absolute atomic E-state index is 0.0181. The molecule has 15 heteroatoms. The molecule has 3 aliphatic rings. The summed E-state index contributed by atoms with van der Waals surface area (Å²) in [6.07, 6.45) is 12.5. The lowest BCUT2D eigenvalue weighted by atomic mass is 9.96. The Kier molecular flexibility index (Phi) is 8.39. The monoisotopic (exact) mass is 747 g/mol. The number of benzene rings is 3. The average Bonchev–Trinajstić information content (AvgIpc) is 3.81. The molecule has 2 aliphatic heterocycles. The Bertz CT molecular complexity index is 2590. The van der Waals surface area contributed by atoms with Gasteiger partial charge in [-0.2, -0.15) is 18.4 Å². The van der Waals surface area contributed by atoms with Gasteiger partial charge in [-0.05, 0) is 55.3 Å². The fourth-order valence-corrected chi connectivity index (χ4v) is 8.57. The zero-order valence-corrected chi connectivity index (χ0v) is 30.1. The number of ether oxygens (including phenoxy) is 1. The van der Waals surface area contributed by atoms with Gasteiger partial charge in [0.2, 0.25) is 0 Å². The Hall–Kier alpha value is -5.72. The summed E-state index contributed by atoms with van der Waals surface area (Å²) < 4.78 is 65.5. The highest BCUT2D eigenvalue weighted by Crippen LogP contribution is 2.39. The van der Waals surface area contributed by atoms with Crippen molar-refractivity contribution in [3.05, 3.63) is 90.1 Å². The van der Waals surface area contributed by atoms with E-state index in [4.69, 9.17) is 16.1 Å². The van der Waals surface area contributed by atoms with Crippen LogP contribution in [0.25, 0.3) is 32.9 Å². The van der Waals surface area contributed by atoms with Crippen LogP contribution >= 0.6 is 0 Å². The number of likely N-dealkylation sites (N-methyl/N-ethyl adjacent to an activating group) is 1. The molecule has 0 radical (unpaired) electrons. The predicted molar refractivity (Wildman–Crippen MR) is 200 cm³/mol. The van der Waals surface area contributed by atoms with Crippen molar-refractivity contribution in [2.45, 2.75) is 48.6 Å². The Morgan fingerprint density at radius 3 is 2.59 bits per heavy atom. The van der Waals surface area contributed by atoms with Gasteiger partial charge >= 0.3 is 6.01 Å². The van der Waals surface area contributed by atoms with Crippen molar-refractivity contribution < 1.29 is 21.9 Å². The van der Waals surface area contributed by atoms with E-state index in [2.05, 4.69) is 36.2 Å². The van der Waals surface area contributed by atoms with Gasteiger partial charge in [0.05, 0.1) is 22.4 Å². The molecule has 5 heterocycles. The maximum atomic E-state index is 16.8. The summed E-state index contributed by atoms with van der Waals surface area (Å²) in [6.45, 7) is 1.79. The van der Waals surface area contributed by atoms with Gasteiger partial charge in [-0.3, -0.25) is 4.98 Å². The molecule has 2 bridgehead atoms. The second kappa shape index (κ2) is 13.3. The van der Waals surface area contributed by atoms with Crippen LogP contribution in [0.2, 0.25) is 0 Å². The Morgan fingerprint density at radius 1 is 1.02 bits per heavy atom. The maximum absolute atomic E-state index is 16.8. The highest BCUT2D eigenvalue weighted by Gasteiger charge is 2.34. The second-order valence-corrected chi connectivity index (χ2v) is 15.8. The highest BCUT2D eigenvalue weighted by molar-refractivity contribution is 7.89. The molecule has 3 fully saturated rings. The van der Waals surface area contributed by atoms with E-state index in [1.54, 1.807) is 48.7 Å². The summed E-state index contributed by atoms with van der Waals surface area (Å²) in [5.41, 5.74) is 1.01. The van der Waals surface area contributed by atoms with Gasteiger partial charge in [-0.1, -0.05) is 36.3 Å². The molecule has 3 aromatic heterocycles. The van der Waals surface area contributed by atoms with Crippen LogP contribution < -0.4 is 19.9 Å². The molecular formula is C39H35F2N9O3S. The SMILES string of the molecule is C#Cc1c(F)ccc2cccc(-c3ncc4c(N5CC6CCC(C5)N6)nc(OCCN(C)c5cccc(S(=O)(=O)n6cnc(C7CC7)n6)c5)nc4c3F)c12. The number of hydrogen-bond donors (Lipinski definition) is 1. The lowest BCUT2D eigenvalue weighted by Crippen LogP contribution is -2.51. The molecule has 1 aliphatic carbocycles. The quantitative estimate of drug-likeness (QED) is 0.184. The second-order valence-electron chi connectivity index (χ2n) is 14.0. The summed E-state index contributed by atoms with van der Waals surface area (Å²) in [6, 6.07) is 15.2. The molecule has 9 rings (SSSR count). The molecule has 3 aromatic carbocycles. The van der Waals surface area contributed by atoms with Gasteiger partial charge in [0.1, 0.15) is 35.8 Å². The summed E-state index contributed by atoms with van der Waals surface area (Å²) in [4.78, 5) is 22.1. The summed E-state index contributed by atoms with van der Waals surface area (Å²) in [5.74, 6) is 2.43. The van der Waals surface area contributed by atoms with Crippen molar-refractivity contribution in [2.75, 3.05) is 43.1 Å². The van der Waals surface area contributed by atoms with Crippen LogP contribution in [-0.2, 0) is 10.0 Å². The molecule has 2 atom stereocenters. The van der Waals surface area contributed by atoms with Gasteiger partial charge < -0.3 is 19.9 Å². The highest BCUT2D eigenvalue weighted by atomic mass is 32.2. The van der Waals surface area contributed by atoms with Gasteiger partial charge in [0.15, 0.2) is 11.6 Å². The number of rotatable bonds is 10. The number of piperazine rings is 1. The smallest absolute Gasteiger partial charge is 0.319 e. The summed E-state index contributed by atoms with van der Waals surface area (Å²) >= 11 is 0. The number of pyridine rings is 1. The molecule has 6 aromatic rings. The predicted octanol–water partition coefficient (Wildman–Crippen LogP) is 5.27. The summed E-state index contributed by atoms with van der Waals surface area (Å²) in [7, 11) is -2.13. The topological polar surface area (TPSA) is 131 Å². The lowest BCUT2D eigenvalue weighted by Gasteiger charge is -2.34. The molecule has 1 saturated carbocycles. The Balaban J connectivity index is 1.02. The van der Waals surface area contributed by atoms with Crippen molar-refractivity contribution >= 4 is 43.2 Å². The molecule has 54 heavy (non-hydrogen) atoms. The number of hydrogen-bond acceptors (Lipinski definition) is 11. The van der Waals surface area contributed by atoms with Gasteiger partial charge in [0, 0.05) is 61.0 Å². The number of terminal acetylenes is 1. The van der Waals surface area contributed by atoms with Crippen LogP contribution in [0.3, 0.4) is 0 Å². The van der Waals surface area contributed by atoms with Crippen LogP contribution in [0.1, 0.15) is 43.0 Å². The van der Waals surface area contributed by atoms with Crippen LogP contribution in [0.5, 0.6) is 6.01 Å². The van der Waals surface area contributed by atoms with E-state index in [0.29, 0.717) is 58.7 Å². The van der Waals surface area contributed by atoms with E-state index in [0.717, 1.165) is 29.8 Å². The van der Waals surface area contributed by atoms with Gasteiger partial charge in [0.25, 0.3) is 10.0 Å². The van der Waals surface area contributed by atoms with Crippen molar-refractivity contribution in [2.24, 2.45) is 0 Å². The van der Waals surface area contributed by atoms with Crippen molar-refractivity contribution in [3.63, 3.8) is 0 Å². The lowest BCUT2D eigenvalue weighted by molar-refractivity contribution is 0.301. The number of nitrogens with one attached hydrogen (secondary N) is 1. The van der Waals surface area contributed by atoms with Crippen LogP contribution in [0.4, 0.5) is 20.3 Å². The molecule has 274 valence electrons. The largest absolute Gasteiger partial charge is 0.462 e. The number of anilines is 2. The Labute approximate surface area is 310 Å². The first-order valence-corrected chi connectivity index (χ1v) is 19.3. The van der Waals surface area contributed by atoms with Crippen molar-refractivity contribution in [1.82, 2.24) is 34.4 Å². The maximum Gasteiger partial charge on any atom is 0.319 e. The third-order valence-electron chi connectivity index (χ3n) is 10.4. The standard InChI is InChI=1S/C39H35F2N9O3S/c1-3-29-32(40)15-12-23-6-4-9-30(33(23)29)35-34(41)36-31(19-42-35)38(49-20-25-13-14-26(21-49)44-25)46-39(45-36)53-17-16-48(2)27-7-5-8-28(18-27)54(51,52)50-22-43-37(47-50)24-10-11-24/h1,4-9,12,15,18-19,22,24-26,44H,10-11,13-14,16-17,20-21H2,2H3. The van der Waals surface area contributed by atoms with Crippen LogP contribution in [0, 0.1) is 24.0 Å². The minimum atomic E-state index is -3.94. The number of halogens is 2. The first-order valence-electron chi connectivity index (χ1n) is 17.8. The number of aromatic nitrogens is 6. The van der Waals surface area contributed by atoms with E-state index < -0.39 is 21.7 Å².